The summed E-state index contributed by atoms with van der Waals surface area (Å²) < 4.78 is 28.0. The summed E-state index contributed by atoms with van der Waals surface area (Å²) >= 11 is 0. The Kier molecular flexibility index (Phi) is 4.19. The maximum atomic E-state index is 12.6. The van der Waals surface area contributed by atoms with E-state index in [9.17, 15) is 8.42 Å². The lowest BCUT2D eigenvalue weighted by atomic mass is 9.98. The fourth-order valence-electron chi connectivity index (χ4n) is 3.37. The number of H-pyrrole nitrogens is 1. The van der Waals surface area contributed by atoms with E-state index in [0.29, 0.717) is 24.3 Å². The van der Waals surface area contributed by atoms with Crippen LogP contribution in [0.1, 0.15) is 23.1 Å². The van der Waals surface area contributed by atoms with Crippen LogP contribution in [0.2, 0.25) is 0 Å². The molecule has 0 unspecified atom stereocenters. The van der Waals surface area contributed by atoms with Gasteiger partial charge in [-0.1, -0.05) is 42.5 Å². The van der Waals surface area contributed by atoms with Crippen LogP contribution in [0.25, 0.3) is 17.0 Å². The third-order valence-electron chi connectivity index (χ3n) is 4.72. The molecule has 25 heavy (non-hydrogen) atoms. The molecule has 0 fully saturated rings. The first-order valence-corrected chi connectivity index (χ1v) is 9.95. The summed E-state index contributed by atoms with van der Waals surface area (Å²) in [5.41, 5.74) is 4.42. The maximum absolute atomic E-state index is 12.6. The number of nitrogens with one attached hydrogen (secondary N) is 2. The molecule has 2 N–H and O–H groups in total. The summed E-state index contributed by atoms with van der Waals surface area (Å²) in [5, 5.41) is 1.15. The van der Waals surface area contributed by atoms with Crippen molar-refractivity contribution in [2.45, 2.75) is 19.3 Å². The minimum absolute atomic E-state index is 0.392. The number of aromatic nitrogens is 1. The van der Waals surface area contributed by atoms with Gasteiger partial charge in [0.2, 0.25) is 10.0 Å². The first-order valence-electron chi connectivity index (χ1n) is 8.47. The zero-order valence-electron chi connectivity index (χ0n) is 13.8. The number of aromatic amines is 1. The predicted molar refractivity (Wildman–Crippen MR) is 102 cm³/mol. The van der Waals surface area contributed by atoms with Gasteiger partial charge in [0.05, 0.1) is 4.91 Å². The van der Waals surface area contributed by atoms with E-state index in [1.807, 2.05) is 42.6 Å². The molecule has 0 amide bonds. The Balaban J connectivity index is 1.46. The number of fused-ring (bicyclic) bond motifs is 2. The molecule has 1 aliphatic rings. The molecule has 0 aliphatic heterocycles. The Morgan fingerprint density at radius 1 is 1.00 bits per heavy atom. The zero-order valence-corrected chi connectivity index (χ0v) is 14.6. The fraction of sp³-hybridized carbons (Fsp3) is 0.200. The summed E-state index contributed by atoms with van der Waals surface area (Å²) in [4.78, 5) is 3.70. The van der Waals surface area contributed by atoms with Crippen molar-refractivity contribution < 1.29 is 8.42 Å². The summed E-state index contributed by atoms with van der Waals surface area (Å²) in [6.45, 7) is 0.392. The molecule has 1 aromatic heterocycles. The van der Waals surface area contributed by atoms with Crippen LogP contribution in [0.3, 0.4) is 0 Å². The van der Waals surface area contributed by atoms with Crippen molar-refractivity contribution in [2.24, 2.45) is 0 Å². The molecule has 0 saturated carbocycles. The Morgan fingerprint density at radius 3 is 2.72 bits per heavy atom. The molecular formula is C20H20N2O2S. The van der Waals surface area contributed by atoms with Gasteiger partial charge in [0.1, 0.15) is 0 Å². The van der Waals surface area contributed by atoms with Gasteiger partial charge in [-0.15, -0.1) is 0 Å². The normalized spacial score (nSPS) is 14.3. The SMILES string of the molecule is O=S(=O)(NCCc1c[nH]c2ccccc12)C1=Cc2ccccc2CC1. The van der Waals surface area contributed by atoms with Gasteiger partial charge in [-0.3, -0.25) is 0 Å². The van der Waals surface area contributed by atoms with Crippen LogP contribution < -0.4 is 4.72 Å². The van der Waals surface area contributed by atoms with Crippen molar-refractivity contribution in [1.29, 1.82) is 0 Å². The second-order valence-electron chi connectivity index (χ2n) is 6.32. The van der Waals surface area contributed by atoms with Crippen molar-refractivity contribution in [3.05, 3.63) is 76.3 Å². The lowest BCUT2D eigenvalue weighted by Gasteiger charge is -2.17. The van der Waals surface area contributed by atoms with Gasteiger partial charge in [-0.05, 0) is 48.1 Å². The molecule has 1 heterocycles. The quantitative estimate of drug-likeness (QED) is 0.737. The van der Waals surface area contributed by atoms with E-state index in [1.54, 1.807) is 6.08 Å². The van der Waals surface area contributed by atoms with E-state index in [1.165, 1.54) is 5.56 Å². The third kappa shape index (κ3) is 3.25. The van der Waals surface area contributed by atoms with E-state index >= 15 is 0 Å². The summed E-state index contributed by atoms with van der Waals surface area (Å²) in [5.74, 6) is 0. The molecule has 4 rings (SSSR count). The lowest BCUT2D eigenvalue weighted by molar-refractivity contribution is 0.586. The lowest BCUT2D eigenvalue weighted by Crippen LogP contribution is -2.28. The summed E-state index contributed by atoms with van der Waals surface area (Å²) in [6.07, 6.45) is 5.74. The highest BCUT2D eigenvalue weighted by atomic mass is 32.2. The standard InChI is InChI=1S/C20H20N2O2S/c23-25(24,18-10-9-15-5-1-2-6-16(15)13-18)22-12-11-17-14-21-20-8-4-3-7-19(17)20/h1-8,13-14,21-22H,9-12H2. The van der Waals surface area contributed by atoms with E-state index in [0.717, 1.165) is 28.5 Å². The van der Waals surface area contributed by atoms with E-state index in [4.69, 9.17) is 0 Å². The van der Waals surface area contributed by atoms with Gasteiger partial charge in [0, 0.05) is 23.6 Å². The van der Waals surface area contributed by atoms with Crippen LogP contribution in [0, 0.1) is 0 Å². The number of para-hydroxylation sites is 1. The Morgan fingerprint density at radius 2 is 1.80 bits per heavy atom. The number of hydrogen-bond acceptors (Lipinski definition) is 2. The number of aryl methyl sites for hydroxylation is 1. The summed E-state index contributed by atoms with van der Waals surface area (Å²) in [7, 11) is -3.43. The third-order valence-corrected chi connectivity index (χ3v) is 6.32. The first kappa shape index (κ1) is 16.1. The number of rotatable bonds is 5. The van der Waals surface area contributed by atoms with Crippen molar-refractivity contribution in [1.82, 2.24) is 9.71 Å². The molecule has 0 bridgehead atoms. The highest BCUT2D eigenvalue weighted by Gasteiger charge is 2.21. The Labute approximate surface area is 147 Å². The second kappa shape index (κ2) is 6.50. The first-order chi connectivity index (χ1) is 12.1. The Bertz CT molecular complexity index is 1050. The number of hydrogen-bond donors (Lipinski definition) is 2. The van der Waals surface area contributed by atoms with Gasteiger partial charge in [-0.2, -0.15) is 0 Å². The van der Waals surface area contributed by atoms with Crippen molar-refractivity contribution in [2.75, 3.05) is 6.54 Å². The van der Waals surface area contributed by atoms with Crippen molar-refractivity contribution in [3.63, 3.8) is 0 Å². The highest BCUT2D eigenvalue weighted by molar-refractivity contribution is 7.93. The molecule has 128 valence electrons. The van der Waals surface area contributed by atoms with Gasteiger partial charge in [-0.25, -0.2) is 13.1 Å². The molecule has 2 aromatic carbocycles. The van der Waals surface area contributed by atoms with Gasteiger partial charge < -0.3 is 4.98 Å². The topological polar surface area (TPSA) is 62.0 Å². The number of allylic oxidation sites excluding steroid dienone is 1. The molecule has 0 saturated heterocycles. The van der Waals surface area contributed by atoms with Crippen LogP contribution in [-0.4, -0.2) is 19.9 Å². The smallest absolute Gasteiger partial charge is 0.236 e. The van der Waals surface area contributed by atoms with Gasteiger partial charge in [0.25, 0.3) is 0 Å². The minimum Gasteiger partial charge on any atom is -0.361 e. The average molecular weight is 352 g/mol. The molecule has 0 spiro atoms. The van der Waals surface area contributed by atoms with E-state index in [2.05, 4.69) is 21.8 Å². The number of benzene rings is 2. The van der Waals surface area contributed by atoms with E-state index in [-0.39, 0.29) is 0 Å². The van der Waals surface area contributed by atoms with Crippen LogP contribution in [0.5, 0.6) is 0 Å². The number of sulfonamides is 1. The van der Waals surface area contributed by atoms with Crippen molar-refractivity contribution >= 4 is 27.0 Å². The molecule has 4 nitrogen and oxygen atoms in total. The van der Waals surface area contributed by atoms with Crippen LogP contribution in [-0.2, 0) is 22.9 Å². The molecule has 5 heteroatoms. The summed E-state index contributed by atoms with van der Waals surface area (Å²) in [6, 6.07) is 16.0. The molecule has 1 aliphatic carbocycles. The predicted octanol–water partition coefficient (Wildman–Crippen LogP) is 3.62. The molecule has 0 radical (unpaired) electrons. The zero-order chi connectivity index (χ0) is 17.3. The average Bonchev–Trinajstić information content (AvgIpc) is 3.04. The van der Waals surface area contributed by atoms with Crippen LogP contribution >= 0.6 is 0 Å². The van der Waals surface area contributed by atoms with Gasteiger partial charge in [0.15, 0.2) is 0 Å². The van der Waals surface area contributed by atoms with Gasteiger partial charge >= 0.3 is 0 Å². The second-order valence-corrected chi connectivity index (χ2v) is 8.14. The Hall–Kier alpha value is -2.37. The highest BCUT2D eigenvalue weighted by Crippen LogP contribution is 2.26. The maximum Gasteiger partial charge on any atom is 0.236 e. The van der Waals surface area contributed by atoms with Crippen LogP contribution in [0.15, 0.2) is 59.6 Å². The fourth-order valence-corrected chi connectivity index (χ4v) is 4.58. The molecule has 0 atom stereocenters. The van der Waals surface area contributed by atoms with Crippen LogP contribution in [0.4, 0.5) is 0 Å². The van der Waals surface area contributed by atoms with E-state index < -0.39 is 10.0 Å². The largest absolute Gasteiger partial charge is 0.361 e. The molecule has 3 aromatic rings. The monoisotopic (exact) mass is 352 g/mol. The molecular weight excluding hydrogens is 332 g/mol. The van der Waals surface area contributed by atoms with Crippen molar-refractivity contribution in [3.8, 4) is 0 Å². The minimum atomic E-state index is -3.43.